The molecule has 27 heavy (non-hydrogen) atoms. The second-order valence-electron chi connectivity index (χ2n) is 6.01. The lowest BCUT2D eigenvalue weighted by Gasteiger charge is -2.29. The molecule has 0 spiro atoms. The van der Waals surface area contributed by atoms with Gasteiger partial charge in [0.1, 0.15) is 5.82 Å². The van der Waals surface area contributed by atoms with Crippen molar-refractivity contribution in [2.24, 2.45) is 0 Å². The Labute approximate surface area is 162 Å². The number of fused-ring (bicyclic) bond motifs is 1. The Bertz CT molecular complexity index is 868. The molecule has 2 heterocycles. The summed E-state index contributed by atoms with van der Waals surface area (Å²) in [6.45, 7) is 2.01. The minimum atomic E-state index is -0.378. The lowest BCUT2D eigenvalue weighted by Crippen LogP contribution is -2.29. The van der Waals surface area contributed by atoms with Gasteiger partial charge in [-0.1, -0.05) is 31.5 Å². The number of unbranched alkanes of at least 4 members (excludes halogenated alkanes) is 1. The molecule has 0 saturated carbocycles. The van der Waals surface area contributed by atoms with Crippen LogP contribution in [-0.4, -0.2) is 28.2 Å². The maximum Gasteiger partial charge on any atom is 0.311 e. The Morgan fingerprint density at radius 3 is 2.70 bits per heavy atom. The van der Waals surface area contributed by atoms with Gasteiger partial charge in [0.25, 0.3) is 5.91 Å². The Morgan fingerprint density at radius 2 is 1.96 bits per heavy atom. The number of carbonyl (C=O) groups excluding carboxylic acids is 2. The predicted octanol–water partition coefficient (Wildman–Crippen LogP) is 4.07. The van der Waals surface area contributed by atoms with Gasteiger partial charge in [0.15, 0.2) is 11.5 Å². The molecule has 0 unspecified atom stereocenters. The van der Waals surface area contributed by atoms with Gasteiger partial charge in [0.05, 0.1) is 0 Å². The summed E-state index contributed by atoms with van der Waals surface area (Å²) in [6, 6.07) is 12.8. The molecule has 1 amide bonds. The minimum Gasteiger partial charge on any atom is -0.423 e. The second kappa shape index (κ2) is 8.73. The summed E-state index contributed by atoms with van der Waals surface area (Å²) < 4.78 is 7.38. The first kappa shape index (κ1) is 19.0. The molecule has 1 aliphatic rings. The van der Waals surface area contributed by atoms with Gasteiger partial charge in [-0.3, -0.25) is 9.59 Å². The van der Waals surface area contributed by atoms with Crippen LogP contribution in [0.3, 0.4) is 0 Å². The molecule has 0 bridgehead atoms. The fraction of sp³-hybridized carbons (Fsp3) is 0.250. The van der Waals surface area contributed by atoms with Crippen molar-refractivity contribution in [3.05, 3.63) is 59.9 Å². The number of aromatic nitrogens is 1. The zero-order valence-corrected chi connectivity index (χ0v) is 16.1. The van der Waals surface area contributed by atoms with Gasteiger partial charge in [-0.2, -0.15) is 0 Å². The van der Waals surface area contributed by atoms with Crippen LogP contribution in [0.2, 0.25) is 0 Å². The van der Waals surface area contributed by atoms with E-state index in [-0.39, 0.29) is 23.3 Å². The first-order valence-corrected chi connectivity index (χ1v) is 9.56. The van der Waals surface area contributed by atoms with Crippen molar-refractivity contribution in [1.82, 2.24) is 9.29 Å². The summed E-state index contributed by atoms with van der Waals surface area (Å²) in [4.78, 5) is 30.3. The number of pyridine rings is 1. The number of nitrogens with one attached hydrogen (secondary N) is 1. The number of amides is 1. The highest BCUT2D eigenvalue weighted by molar-refractivity contribution is 7.97. The average molecular weight is 383 g/mol. The average Bonchev–Trinajstić information content (AvgIpc) is 2.67. The summed E-state index contributed by atoms with van der Waals surface area (Å²) >= 11 is 1.41. The van der Waals surface area contributed by atoms with Crippen molar-refractivity contribution >= 4 is 35.4 Å². The van der Waals surface area contributed by atoms with E-state index >= 15 is 0 Å². The summed E-state index contributed by atoms with van der Waals surface area (Å²) in [5, 5.41) is 2.77. The van der Waals surface area contributed by atoms with Crippen molar-refractivity contribution in [3.63, 3.8) is 0 Å². The molecule has 0 atom stereocenters. The van der Waals surface area contributed by atoms with Crippen molar-refractivity contribution in [2.45, 2.75) is 31.1 Å². The zero-order valence-electron chi connectivity index (χ0n) is 15.3. The number of ether oxygens (including phenoxy) is 1. The molecule has 0 aliphatic carbocycles. The van der Waals surface area contributed by atoms with Crippen LogP contribution in [0.15, 0.2) is 59.3 Å². The van der Waals surface area contributed by atoms with Gasteiger partial charge in [0, 0.05) is 30.1 Å². The molecule has 140 valence electrons. The highest BCUT2D eigenvalue weighted by atomic mass is 32.2. The number of hydrogen-bond acceptors (Lipinski definition) is 6. The normalized spacial score (nSPS) is 13.2. The van der Waals surface area contributed by atoms with Crippen molar-refractivity contribution in [3.8, 4) is 0 Å². The molecule has 3 rings (SSSR count). The van der Waals surface area contributed by atoms with Crippen molar-refractivity contribution in [2.75, 3.05) is 12.4 Å². The molecule has 1 aliphatic heterocycles. The van der Waals surface area contributed by atoms with E-state index in [2.05, 4.69) is 10.3 Å². The van der Waals surface area contributed by atoms with Crippen molar-refractivity contribution < 1.29 is 14.3 Å². The Morgan fingerprint density at radius 1 is 1.19 bits per heavy atom. The van der Waals surface area contributed by atoms with E-state index in [0.717, 1.165) is 23.3 Å². The molecule has 2 aromatic rings. The fourth-order valence-electron chi connectivity index (χ4n) is 2.65. The summed E-state index contributed by atoms with van der Waals surface area (Å²) in [5.74, 6) is -0.00751. The molecule has 0 fully saturated rings. The van der Waals surface area contributed by atoms with Gasteiger partial charge in [-0.15, -0.1) is 0 Å². The molecule has 1 aromatic carbocycles. The monoisotopic (exact) mass is 383 g/mol. The van der Waals surface area contributed by atoms with Gasteiger partial charge in [0.2, 0.25) is 0 Å². The Hall–Kier alpha value is -2.80. The standard InChI is InChI=1S/C20H21N3O3S/c1-3-4-12-17(24)26-19-14-9-5-6-10-15(14)27-23(2)18(19)20(25)22-16-11-7-8-13-21-16/h5-11,13H,3-4,12H2,1-2H3,(H,21,22,25). The molecule has 0 radical (unpaired) electrons. The predicted molar refractivity (Wildman–Crippen MR) is 105 cm³/mol. The smallest absolute Gasteiger partial charge is 0.311 e. The lowest BCUT2D eigenvalue weighted by molar-refractivity contribution is -0.136. The number of carbonyl (C=O) groups is 2. The van der Waals surface area contributed by atoms with Crippen LogP contribution in [0, 0.1) is 0 Å². The van der Waals surface area contributed by atoms with E-state index < -0.39 is 0 Å². The number of nitrogens with zero attached hydrogens (tertiary/aromatic N) is 2. The Balaban J connectivity index is 1.97. The maximum atomic E-state index is 12.9. The number of anilines is 1. The van der Waals surface area contributed by atoms with Gasteiger partial charge in [-0.05, 0) is 42.6 Å². The van der Waals surface area contributed by atoms with Gasteiger partial charge >= 0.3 is 5.97 Å². The number of benzene rings is 1. The molecule has 1 N–H and O–H groups in total. The lowest BCUT2D eigenvalue weighted by atomic mass is 10.1. The van der Waals surface area contributed by atoms with Gasteiger partial charge in [-0.25, -0.2) is 4.98 Å². The van der Waals surface area contributed by atoms with Crippen LogP contribution in [0.5, 0.6) is 0 Å². The number of hydrogen-bond donors (Lipinski definition) is 1. The summed E-state index contributed by atoms with van der Waals surface area (Å²) in [7, 11) is 1.77. The number of esters is 1. The first-order chi connectivity index (χ1) is 13.1. The van der Waals surface area contributed by atoms with Crippen LogP contribution in [-0.2, 0) is 14.3 Å². The summed E-state index contributed by atoms with van der Waals surface area (Å²) in [6.07, 6.45) is 3.56. The van der Waals surface area contributed by atoms with E-state index in [9.17, 15) is 9.59 Å². The molecule has 0 saturated heterocycles. The van der Waals surface area contributed by atoms with E-state index in [4.69, 9.17) is 4.74 Å². The van der Waals surface area contributed by atoms with Crippen LogP contribution in [0.25, 0.3) is 5.76 Å². The molecule has 1 aromatic heterocycles. The van der Waals surface area contributed by atoms with E-state index in [1.54, 1.807) is 35.7 Å². The Kier molecular flexibility index (Phi) is 6.13. The summed E-state index contributed by atoms with van der Waals surface area (Å²) in [5.41, 5.74) is 1.02. The topological polar surface area (TPSA) is 71.5 Å². The highest BCUT2D eigenvalue weighted by Crippen LogP contribution is 2.40. The quantitative estimate of drug-likeness (QED) is 0.599. The van der Waals surface area contributed by atoms with Crippen molar-refractivity contribution in [1.29, 1.82) is 0 Å². The fourth-order valence-corrected chi connectivity index (χ4v) is 3.60. The number of likely N-dealkylation sites (N-methyl/N-ethyl adjacent to an activating group) is 1. The van der Waals surface area contributed by atoms with E-state index in [1.165, 1.54) is 11.9 Å². The highest BCUT2D eigenvalue weighted by Gasteiger charge is 2.31. The molecular weight excluding hydrogens is 362 g/mol. The van der Waals surface area contributed by atoms with Crippen LogP contribution >= 0.6 is 11.9 Å². The van der Waals surface area contributed by atoms with E-state index in [1.807, 2.05) is 31.2 Å². The molecule has 6 nitrogen and oxygen atoms in total. The van der Waals surface area contributed by atoms with Gasteiger partial charge < -0.3 is 14.4 Å². The SMILES string of the molecule is CCCCC(=O)OC1=C(C(=O)Nc2ccccn2)N(C)Sc2ccccc21. The zero-order chi connectivity index (χ0) is 19.2. The minimum absolute atomic E-state index is 0.279. The molecule has 7 heteroatoms. The van der Waals surface area contributed by atoms with E-state index in [0.29, 0.717) is 12.2 Å². The van der Waals surface area contributed by atoms with Crippen LogP contribution < -0.4 is 5.32 Å². The number of rotatable bonds is 6. The maximum absolute atomic E-state index is 12.9. The third-order valence-electron chi connectivity index (χ3n) is 3.97. The third-order valence-corrected chi connectivity index (χ3v) is 4.98. The third kappa shape index (κ3) is 4.49. The largest absolute Gasteiger partial charge is 0.423 e. The van der Waals surface area contributed by atoms with Crippen LogP contribution in [0.4, 0.5) is 5.82 Å². The second-order valence-corrected chi connectivity index (χ2v) is 7.18. The van der Waals surface area contributed by atoms with Crippen LogP contribution in [0.1, 0.15) is 31.7 Å². The first-order valence-electron chi connectivity index (χ1n) is 8.78. The molecular formula is C20H21N3O3S.